The first-order valence-electron chi connectivity index (χ1n) is 11.3. The summed E-state index contributed by atoms with van der Waals surface area (Å²) in [5.41, 5.74) is 1.10. The van der Waals surface area contributed by atoms with Crippen molar-refractivity contribution in [3.8, 4) is 11.4 Å². The standard InChI is InChI=1S/C22H30N6OS3/c1-4-10-28-19(16-11-17(14(2)3)30-12-16)24-27-22(28)31-13-18(29)23-21-26-25-20(32-21)15-8-6-5-7-9-15/h11-12,14-15H,4-10,13H2,1-3H3,(H,23,26,29). The van der Waals surface area contributed by atoms with Crippen LogP contribution in [0.15, 0.2) is 16.6 Å². The van der Waals surface area contributed by atoms with Gasteiger partial charge >= 0.3 is 0 Å². The highest BCUT2D eigenvalue weighted by Gasteiger charge is 2.21. The van der Waals surface area contributed by atoms with E-state index in [0.29, 0.717) is 17.0 Å². The molecule has 0 spiro atoms. The van der Waals surface area contributed by atoms with E-state index >= 15 is 0 Å². The highest BCUT2D eigenvalue weighted by atomic mass is 32.2. The van der Waals surface area contributed by atoms with E-state index < -0.39 is 0 Å². The molecule has 1 amide bonds. The highest BCUT2D eigenvalue weighted by molar-refractivity contribution is 7.99. The number of aromatic nitrogens is 5. The Morgan fingerprint density at radius 3 is 2.75 bits per heavy atom. The average Bonchev–Trinajstić information content (AvgIpc) is 3.53. The van der Waals surface area contributed by atoms with Gasteiger partial charge in [0.05, 0.1) is 5.75 Å². The van der Waals surface area contributed by atoms with E-state index in [9.17, 15) is 4.79 Å². The number of carbonyl (C=O) groups excluding carboxylic acids is 1. The molecule has 0 bridgehead atoms. The summed E-state index contributed by atoms with van der Waals surface area (Å²) >= 11 is 4.68. The molecule has 0 aromatic carbocycles. The summed E-state index contributed by atoms with van der Waals surface area (Å²) in [6, 6.07) is 2.20. The molecule has 0 saturated heterocycles. The third kappa shape index (κ3) is 5.58. The molecule has 172 valence electrons. The van der Waals surface area contributed by atoms with Crippen molar-refractivity contribution in [2.45, 2.75) is 82.8 Å². The Labute approximate surface area is 201 Å². The quantitative estimate of drug-likeness (QED) is 0.361. The summed E-state index contributed by atoms with van der Waals surface area (Å²) in [5.74, 6) is 2.04. The normalized spacial score (nSPS) is 14.9. The number of nitrogens with zero attached hydrogens (tertiary/aromatic N) is 5. The molecule has 1 N–H and O–H groups in total. The summed E-state index contributed by atoms with van der Waals surface area (Å²) in [4.78, 5) is 13.9. The Balaban J connectivity index is 1.38. The summed E-state index contributed by atoms with van der Waals surface area (Å²) in [7, 11) is 0. The molecule has 3 aromatic heterocycles. The molecule has 0 atom stereocenters. The lowest BCUT2D eigenvalue weighted by Gasteiger charge is -2.18. The maximum Gasteiger partial charge on any atom is 0.236 e. The molecular weight excluding hydrogens is 460 g/mol. The van der Waals surface area contributed by atoms with Crippen molar-refractivity contribution < 1.29 is 4.79 Å². The molecule has 3 heterocycles. The molecule has 10 heteroatoms. The number of hydrogen-bond donors (Lipinski definition) is 1. The Morgan fingerprint density at radius 1 is 1.22 bits per heavy atom. The molecule has 1 fully saturated rings. The van der Waals surface area contributed by atoms with Crippen LogP contribution in [0.25, 0.3) is 11.4 Å². The van der Waals surface area contributed by atoms with E-state index in [-0.39, 0.29) is 11.7 Å². The van der Waals surface area contributed by atoms with Gasteiger partial charge in [-0.15, -0.1) is 31.7 Å². The van der Waals surface area contributed by atoms with E-state index in [0.717, 1.165) is 34.5 Å². The molecule has 1 aliphatic carbocycles. The van der Waals surface area contributed by atoms with Gasteiger partial charge in [0.2, 0.25) is 11.0 Å². The second-order valence-electron chi connectivity index (χ2n) is 8.47. The zero-order valence-electron chi connectivity index (χ0n) is 18.8. The van der Waals surface area contributed by atoms with Crippen LogP contribution in [0, 0.1) is 0 Å². The molecule has 4 rings (SSSR count). The van der Waals surface area contributed by atoms with Crippen molar-refractivity contribution in [3.63, 3.8) is 0 Å². The Kier molecular flexibility index (Phi) is 7.96. The van der Waals surface area contributed by atoms with Crippen molar-refractivity contribution in [1.82, 2.24) is 25.0 Å². The monoisotopic (exact) mass is 490 g/mol. The van der Waals surface area contributed by atoms with Crippen LogP contribution in [0.3, 0.4) is 0 Å². The molecule has 3 aromatic rings. The lowest BCUT2D eigenvalue weighted by atomic mass is 9.90. The highest BCUT2D eigenvalue weighted by Crippen LogP contribution is 2.35. The van der Waals surface area contributed by atoms with Gasteiger partial charge < -0.3 is 4.57 Å². The Bertz CT molecular complexity index is 1030. The van der Waals surface area contributed by atoms with Gasteiger partial charge in [0.1, 0.15) is 5.01 Å². The zero-order valence-corrected chi connectivity index (χ0v) is 21.3. The summed E-state index contributed by atoms with van der Waals surface area (Å²) < 4.78 is 2.12. The number of anilines is 1. The van der Waals surface area contributed by atoms with Crippen molar-refractivity contribution in [2.75, 3.05) is 11.1 Å². The predicted molar refractivity (Wildman–Crippen MR) is 133 cm³/mol. The molecule has 1 saturated carbocycles. The van der Waals surface area contributed by atoms with Gasteiger partial charge in [-0.2, -0.15) is 0 Å². The van der Waals surface area contributed by atoms with Crippen LogP contribution in [0.5, 0.6) is 0 Å². The van der Waals surface area contributed by atoms with Gasteiger partial charge in [0, 0.05) is 28.3 Å². The second-order valence-corrected chi connectivity index (χ2v) is 11.4. The van der Waals surface area contributed by atoms with Crippen LogP contribution in [0.1, 0.15) is 81.0 Å². The first-order chi connectivity index (χ1) is 15.5. The lowest BCUT2D eigenvalue weighted by Crippen LogP contribution is -2.14. The third-order valence-corrected chi connectivity index (χ3v) is 8.79. The molecule has 0 unspecified atom stereocenters. The molecule has 32 heavy (non-hydrogen) atoms. The van der Waals surface area contributed by atoms with Crippen LogP contribution >= 0.6 is 34.4 Å². The molecule has 0 radical (unpaired) electrons. The number of amides is 1. The Hall–Kier alpha value is -1.78. The number of thiophene rings is 1. The van der Waals surface area contributed by atoms with Gasteiger partial charge in [0.15, 0.2) is 11.0 Å². The SMILES string of the molecule is CCCn1c(SCC(=O)Nc2nnc(C3CCCCC3)s2)nnc1-c1csc(C(C)C)c1. The molecule has 1 aliphatic rings. The van der Waals surface area contributed by atoms with Crippen LogP contribution in [-0.2, 0) is 11.3 Å². The van der Waals surface area contributed by atoms with Gasteiger partial charge in [-0.1, -0.05) is 63.1 Å². The molecule has 7 nitrogen and oxygen atoms in total. The topological polar surface area (TPSA) is 85.6 Å². The minimum absolute atomic E-state index is 0.0911. The zero-order chi connectivity index (χ0) is 22.5. The minimum atomic E-state index is -0.0911. The summed E-state index contributed by atoms with van der Waals surface area (Å²) in [5, 5.41) is 24.8. The fourth-order valence-electron chi connectivity index (χ4n) is 3.89. The van der Waals surface area contributed by atoms with E-state index in [4.69, 9.17) is 0 Å². The fourth-order valence-corrected chi connectivity index (χ4v) is 6.49. The maximum atomic E-state index is 12.5. The number of thioether (sulfide) groups is 1. The van der Waals surface area contributed by atoms with Crippen molar-refractivity contribution >= 4 is 45.5 Å². The van der Waals surface area contributed by atoms with Gasteiger partial charge in [-0.25, -0.2) is 0 Å². The van der Waals surface area contributed by atoms with Crippen LogP contribution < -0.4 is 5.32 Å². The second kappa shape index (κ2) is 10.9. The molecule has 0 aliphatic heterocycles. The predicted octanol–water partition coefficient (Wildman–Crippen LogP) is 6.17. The number of carbonyl (C=O) groups is 1. The van der Waals surface area contributed by atoms with Crippen molar-refractivity contribution in [1.29, 1.82) is 0 Å². The van der Waals surface area contributed by atoms with Crippen molar-refractivity contribution in [3.05, 3.63) is 21.3 Å². The van der Waals surface area contributed by atoms with Crippen LogP contribution in [-0.4, -0.2) is 36.6 Å². The number of nitrogens with one attached hydrogen (secondary N) is 1. The van der Waals surface area contributed by atoms with E-state index in [2.05, 4.69) is 62.5 Å². The number of rotatable bonds is 9. The largest absolute Gasteiger partial charge is 0.302 e. The lowest BCUT2D eigenvalue weighted by molar-refractivity contribution is -0.113. The fraction of sp³-hybridized carbons (Fsp3) is 0.591. The Morgan fingerprint density at radius 2 is 2.03 bits per heavy atom. The van der Waals surface area contributed by atoms with E-state index in [1.54, 1.807) is 11.3 Å². The van der Waals surface area contributed by atoms with Crippen LogP contribution in [0.2, 0.25) is 0 Å². The van der Waals surface area contributed by atoms with Crippen LogP contribution in [0.4, 0.5) is 5.13 Å². The third-order valence-electron chi connectivity index (χ3n) is 5.58. The first kappa shape index (κ1) is 23.4. The van der Waals surface area contributed by atoms with E-state index in [1.165, 1.54) is 60.1 Å². The maximum absolute atomic E-state index is 12.5. The minimum Gasteiger partial charge on any atom is -0.302 e. The van der Waals surface area contributed by atoms with Gasteiger partial charge in [-0.05, 0) is 31.2 Å². The van der Waals surface area contributed by atoms with Gasteiger partial charge in [0.25, 0.3) is 0 Å². The van der Waals surface area contributed by atoms with Gasteiger partial charge in [-0.3, -0.25) is 10.1 Å². The summed E-state index contributed by atoms with van der Waals surface area (Å²) in [6.45, 7) is 7.35. The molecular formula is C22H30N6OS3. The summed E-state index contributed by atoms with van der Waals surface area (Å²) in [6.07, 6.45) is 7.15. The average molecular weight is 491 g/mol. The number of hydrogen-bond acceptors (Lipinski definition) is 8. The smallest absolute Gasteiger partial charge is 0.236 e. The van der Waals surface area contributed by atoms with E-state index in [1.807, 2.05) is 0 Å². The van der Waals surface area contributed by atoms with Crippen molar-refractivity contribution in [2.24, 2.45) is 0 Å². The first-order valence-corrected chi connectivity index (χ1v) is 14.0.